The number of aromatic hydroxyl groups is 2. The Morgan fingerprint density at radius 1 is 0.455 bits per heavy atom. The predicted octanol–water partition coefficient (Wildman–Crippen LogP) is 5.86. The lowest BCUT2D eigenvalue weighted by molar-refractivity contribution is 0.476. The first-order valence-electron chi connectivity index (χ1n) is 6.72. The Hall–Kier alpha value is -2.16. The maximum absolute atomic E-state index is 9.75. The number of halogens is 2. The Balaban J connectivity index is 2.23. The largest absolute Gasteiger partial charge is 0.506 e. The zero-order chi connectivity index (χ0) is 15.4. The molecule has 0 heterocycles. The van der Waals surface area contributed by atoms with Crippen molar-refractivity contribution in [1.29, 1.82) is 0 Å². The van der Waals surface area contributed by atoms with Gasteiger partial charge in [-0.25, -0.2) is 0 Å². The van der Waals surface area contributed by atoms with Crippen molar-refractivity contribution in [1.82, 2.24) is 0 Å². The maximum Gasteiger partial charge on any atom is 0.134 e. The first-order chi connectivity index (χ1) is 10.6. The smallest absolute Gasteiger partial charge is 0.134 e. The van der Waals surface area contributed by atoms with Gasteiger partial charge in [-0.05, 0) is 45.8 Å². The summed E-state index contributed by atoms with van der Waals surface area (Å²) in [5, 5.41) is 25.8. The van der Waals surface area contributed by atoms with Crippen LogP contribution in [0.2, 0.25) is 10.0 Å². The van der Waals surface area contributed by atoms with Crippen LogP contribution >= 0.6 is 23.2 Å². The Bertz CT molecular complexity index is 984. The molecule has 0 saturated heterocycles. The second-order valence-electron chi connectivity index (χ2n) is 5.21. The van der Waals surface area contributed by atoms with Gasteiger partial charge in [-0.1, -0.05) is 47.5 Å². The molecule has 4 aromatic rings. The van der Waals surface area contributed by atoms with Gasteiger partial charge < -0.3 is 10.2 Å². The Labute approximate surface area is 136 Å². The van der Waals surface area contributed by atoms with Crippen LogP contribution in [-0.2, 0) is 0 Å². The molecule has 0 unspecified atom stereocenters. The molecule has 0 aliphatic heterocycles. The highest BCUT2D eigenvalue weighted by atomic mass is 35.5. The molecule has 2 N–H and O–H groups in total. The van der Waals surface area contributed by atoms with Crippen LogP contribution in [0.5, 0.6) is 11.5 Å². The van der Waals surface area contributed by atoms with Crippen molar-refractivity contribution in [3.63, 3.8) is 0 Å². The molecule has 4 rings (SSSR count). The summed E-state index contributed by atoms with van der Waals surface area (Å²) in [7, 11) is 0. The lowest BCUT2D eigenvalue weighted by atomic mass is 9.97. The molecule has 0 fully saturated rings. The average Bonchev–Trinajstić information content (AvgIpc) is 2.53. The first kappa shape index (κ1) is 13.5. The summed E-state index contributed by atoms with van der Waals surface area (Å²) in [5.41, 5.74) is 0. The van der Waals surface area contributed by atoms with E-state index in [1.54, 1.807) is 12.1 Å². The Morgan fingerprint density at radius 2 is 0.727 bits per heavy atom. The third-order valence-electron chi connectivity index (χ3n) is 4.02. The fourth-order valence-corrected chi connectivity index (χ4v) is 3.40. The number of rotatable bonds is 0. The molecular weight excluding hydrogens is 319 g/mol. The van der Waals surface area contributed by atoms with E-state index in [4.69, 9.17) is 23.2 Å². The van der Waals surface area contributed by atoms with E-state index in [0.717, 1.165) is 32.3 Å². The molecule has 0 aliphatic carbocycles. The van der Waals surface area contributed by atoms with Crippen molar-refractivity contribution < 1.29 is 10.2 Å². The van der Waals surface area contributed by atoms with Crippen molar-refractivity contribution in [2.75, 3.05) is 0 Å². The van der Waals surface area contributed by atoms with E-state index in [1.165, 1.54) is 0 Å². The van der Waals surface area contributed by atoms with Crippen LogP contribution in [-0.4, -0.2) is 10.2 Å². The molecule has 0 spiro atoms. The number of phenols is 2. The second-order valence-corrected chi connectivity index (χ2v) is 5.97. The quantitative estimate of drug-likeness (QED) is 0.396. The minimum atomic E-state index is 0.0715. The van der Waals surface area contributed by atoms with Gasteiger partial charge in [-0.3, -0.25) is 0 Å². The number of hydrogen-bond acceptors (Lipinski definition) is 2. The molecule has 0 radical (unpaired) electrons. The van der Waals surface area contributed by atoms with E-state index in [-0.39, 0.29) is 11.5 Å². The molecule has 2 nitrogen and oxygen atoms in total. The number of fused-ring (bicyclic) bond motifs is 5. The van der Waals surface area contributed by atoms with E-state index >= 15 is 0 Å². The molecule has 0 bridgehead atoms. The van der Waals surface area contributed by atoms with Gasteiger partial charge in [0.2, 0.25) is 0 Å². The standard InChI is InChI=1S/C18H10Cl2O2/c19-17-13-3-1-9-10(12(13)6-8-15(17)21)2-4-14-11(9)5-7-16(22)18(14)20/h1-8,21-22H. The molecule has 0 amide bonds. The SMILES string of the molecule is Oc1ccc2c(ccc3c4ccc(O)c(Cl)c4ccc23)c1Cl. The number of phenolic OH excluding ortho intramolecular Hbond substituents is 2. The summed E-state index contributed by atoms with van der Waals surface area (Å²) >= 11 is 12.4. The predicted molar refractivity (Wildman–Crippen MR) is 92.3 cm³/mol. The van der Waals surface area contributed by atoms with Crippen molar-refractivity contribution in [2.24, 2.45) is 0 Å². The lowest BCUT2D eigenvalue weighted by Gasteiger charge is -2.10. The van der Waals surface area contributed by atoms with Crippen LogP contribution in [0, 0.1) is 0 Å². The molecule has 4 aromatic carbocycles. The highest BCUT2D eigenvalue weighted by molar-refractivity contribution is 6.39. The van der Waals surface area contributed by atoms with E-state index in [0.29, 0.717) is 10.0 Å². The summed E-state index contributed by atoms with van der Waals surface area (Å²) in [5.74, 6) is 0.143. The van der Waals surface area contributed by atoms with Crippen molar-refractivity contribution >= 4 is 55.5 Å². The van der Waals surface area contributed by atoms with Crippen LogP contribution in [0.15, 0.2) is 48.5 Å². The average molecular weight is 329 g/mol. The fourth-order valence-electron chi connectivity index (χ4n) is 2.94. The van der Waals surface area contributed by atoms with Crippen LogP contribution in [0.25, 0.3) is 32.3 Å². The van der Waals surface area contributed by atoms with Gasteiger partial charge in [0.1, 0.15) is 11.5 Å². The monoisotopic (exact) mass is 328 g/mol. The topological polar surface area (TPSA) is 40.5 Å². The molecule has 108 valence electrons. The summed E-state index contributed by atoms with van der Waals surface area (Å²) in [6.07, 6.45) is 0. The number of hydrogen-bond donors (Lipinski definition) is 2. The van der Waals surface area contributed by atoms with Gasteiger partial charge in [-0.15, -0.1) is 0 Å². The van der Waals surface area contributed by atoms with Gasteiger partial charge in [0.05, 0.1) is 10.0 Å². The third-order valence-corrected chi connectivity index (χ3v) is 4.82. The van der Waals surface area contributed by atoms with Gasteiger partial charge in [0.25, 0.3) is 0 Å². The molecule has 0 atom stereocenters. The lowest BCUT2D eigenvalue weighted by Crippen LogP contribution is -1.83. The normalized spacial score (nSPS) is 11.5. The molecule has 0 aliphatic rings. The Kier molecular flexibility index (Phi) is 2.86. The van der Waals surface area contributed by atoms with Gasteiger partial charge in [-0.2, -0.15) is 0 Å². The highest BCUT2D eigenvalue weighted by Gasteiger charge is 2.11. The fraction of sp³-hybridized carbons (Fsp3) is 0. The molecule has 22 heavy (non-hydrogen) atoms. The van der Waals surface area contributed by atoms with Crippen LogP contribution in [0.1, 0.15) is 0 Å². The molecular formula is C18H10Cl2O2. The number of benzene rings is 4. The van der Waals surface area contributed by atoms with Gasteiger partial charge in [0.15, 0.2) is 0 Å². The van der Waals surface area contributed by atoms with Crippen LogP contribution in [0.3, 0.4) is 0 Å². The third kappa shape index (κ3) is 1.75. The summed E-state index contributed by atoms with van der Waals surface area (Å²) in [4.78, 5) is 0. The summed E-state index contributed by atoms with van der Waals surface area (Å²) < 4.78 is 0. The minimum Gasteiger partial charge on any atom is -0.506 e. The molecule has 0 saturated carbocycles. The van der Waals surface area contributed by atoms with E-state index in [1.807, 2.05) is 36.4 Å². The van der Waals surface area contributed by atoms with Crippen molar-refractivity contribution in [2.45, 2.75) is 0 Å². The first-order valence-corrected chi connectivity index (χ1v) is 7.47. The van der Waals surface area contributed by atoms with Crippen molar-refractivity contribution in [3.05, 3.63) is 58.6 Å². The van der Waals surface area contributed by atoms with E-state index in [2.05, 4.69) is 0 Å². The molecule has 0 aromatic heterocycles. The van der Waals surface area contributed by atoms with Crippen molar-refractivity contribution in [3.8, 4) is 11.5 Å². The minimum absolute atomic E-state index is 0.0715. The molecule has 4 heteroatoms. The van der Waals surface area contributed by atoms with Crippen LogP contribution in [0.4, 0.5) is 0 Å². The summed E-state index contributed by atoms with van der Waals surface area (Å²) in [6, 6.07) is 14.6. The van der Waals surface area contributed by atoms with E-state index < -0.39 is 0 Å². The maximum atomic E-state index is 9.75. The second kappa shape index (κ2) is 4.67. The summed E-state index contributed by atoms with van der Waals surface area (Å²) in [6.45, 7) is 0. The van der Waals surface area contributed by atoms with Crippen LogP contribution < -0.4 is 0 Å². The zero-order valence-corrected chi connectivity index (χ0v) is 12.8. The zero-order valence-electron chi connectivity index (χ0n) is 11.3. The van der Waals surface area contributed by atoms with Gasteiger partial charge in [0, 0.05) is 10.8 Å². The highest BCUT2D eigenvalue weighted by Crippen LogP contribution is 2.40. The Morgan fingerprint density at radius 3 is 1.14 bits per heavy atom. The van der Waals surface area contributed by atoms with E-state index in [9.17, 15) is 10.2 Å². The van der Waals surface area contributed by atoms with Gasteiger partial charge >= 0.3 is 0 Å².